The summed E-state index contributed by atoms with van der Waals surface area (Å²) in [4.78, 5) is 25.3. The molecule has 0 aromatic heterocycles. The van der Waals surface area contributed by atoms with Gasteiger partial charge in [-0.1, -0.05) is 147 Å². The Bertz CT molecular complexity index is 970. The largest absolute Gasteiger partial charge is 0.462 e. The van der Waals surface area contributed by atoms with Gasteiger partial charge in [-0.15, -0.1) is 0 Å². The molecule has 56 heavy (non-hydrogen) atoms. The van der Waals surface area contributed by atoms with Gasteiger partial charge < -0.3 is 39.4 Å². The van der Waals surface area contributed by atoms with E-state index in [-0.39, 0.29) is 32.0 Å². The fraction of sp³-hybridized carbons (Fsp3) is 0.870. The van der Waals surface area contributed by atoms with Gasteiger partial charge in [0.15, 0.2) is 12.4 Å². The predicted molar refractivity (Wildman–Crippen MR) is 224 cm³/mol. The number of hydrogen-bond donors (Lipinski definition) is 4. The second-order valence-corrected chi connectivity index (χ2v) is 15.8. The molecule has 2 unspecified atom stereocenters. The number of aliphatic hydroxyl groups is 4. The highest BCUT2D eigenvalue weighted by Crippen LogP contribution is 2.23. The molecule has 0 aromatic rings. The van der Waals surface area contributed by atoms with Crippen LogP contribution in [0.25, 0.3) is 0 Å². The number of aliphatic hydroxyl groups excluding tert-OH is 4. The Morgan fingerprint density at radius 1 is 0.536 bits per heavy atom. The molecule has 0 spiro atoms. The van der Waals surface area contributed by atoms with E-state index in [0.717, 1.165) is 57.8 Å². The first-order valence-electron chi connectivity index (χ1n) is 22.9. The first-order valence-corrected chi connectivity index (χ1v) is 22.9. The fourth-order valence-electron chi connectivity index (χ4n) is 6.88. The fourth-order valence-corrected chi connectivity index (χ4v) is 6.88. The molecule has 0 saturated carbocycles. The summed E-state index contributed by atoms with van der Waals surface area (Å²) in [5.74, 6) is -0.814. The van der Waals surface area contributed by atoms with Gasteiger partial charge in [-0.05, 0) is 64.2 Å². The van der Waals surface area contributed by atoms with Crippen LogP contribution in [0.1, 0.15) is 200 Å². The van der Waals surface area contributed by atoms with E-state index < -0.39 is 49.4 Å². The summed E-state index contributed by atoms with van der Waals surface area (Å²) in [6.45, 7) is 3.40. The van der Waals surface area contributed by atoms with E-state index in [1.807, 2.05) is 0 Å². The molecule has 1 aliphatic rings. The lowest BCUT2D eigenvalue weighted by atomic mass is 9.99. The van der Waals surface area contributed by atoms with Crippen molar-refractivity contribution in [1.82, 2.24) is 0 Å². The molecule has 1 aliphatic heterocycles. The van der Waals surface area contributed by atoms with Crippen LogP contribution in [0.3, 0.4) is 0 Å². The van der Waals surface area contributed by atoms with Crippen molar-refractivity contribution in [2.75, 3.05) is 19.8 Å². The molecular weight excluding hydrogens is 712 g/mol. The van der Waals surface area contributed by atoms with Gasteiger partial charge in [0.05, 0.1) is 13.2 Å². The first-order chi connectivity index (χ1) is 27.3. The maximum atomic E-state index is 12.8. The van der Waals surface area contributed by atoms with Crippen molar-refractivity contribution in [2.24, 2.45) is 0 Å². The SMILES string of the molecule is CCCCCC/C=C/CCCCCCCCCCCC(=O)O[C@H](COC(=O)CCCCCCC/C=C/CCCCCCC)CO[C@@H]1O[C@H](CO)[C@H](O)C(O)C1O. The number of hydrogen-bond acceptors (Lipinski definition) is 10. The summed E-state index contributed by atoms with van der Waals surface area (Å²) < 4.78 is 22.2. The highest BCUT2D eigenvalue weighted by atomic mass is 16.7. The van der Waals surface area contributed by atoms with Crippen LogP contribution < -0.4 is 0 Å². The van der Waals surface area contributed by atoms with Crippen LogP contribution >= 0.6 is 0 Å². The molecule has 6 atom stereocenters. The monoisotopic (exact) mass is 797 g/mol. The first kappa shape index (κ1) is 52.2. The minimum Gasteiger partial charge on any atom is -0.462 e. The molecule has 328 valence electrons. The quantitative estimate of drug-likeness (QED) is 0.0270. The van der Waals surface area contributed by atoms with Gasteiger partial charge in [0.1, 0.15) is 31.0 Å². The predicted octanol–water partition coefficient (Wildman–Crippen LogP) is 9.72. The summed E-state index contributed by atoms with van der Waals surface area (Å²) >= 11 is 0. The Morgan fingerprint density at radius 3 is 1.41 bits per heavy atom. The van der Waals surface area contributed by atoms with E-state index in [2.05, 4.69) is 38.2 Å². The summed E-state index contributed by atoms with van der Waals surface area (Å²) in [5.41, 5.74) is 0. The van der Waals surface area contributed by atoms with Crippen molar-refractivity contribution in [2.45, 2.75) is 237 Å². The number of carbonyl (C=O) groups is 2. The average Bonchev–Trinajstić information content (AvgIpc) is 3.19. The zero-order chi connectivity index (χ0) is 40.9. The van der Waals surface area contributed by atoms with Gasteiger partial charge in [-0.25, -0.2) is 0 Å². The highest BCUT2D eigenvalue weighted by molar-refractivity contribution is 5.70. The zero-order valence-corrected chi connectivity index (χ0v) is 35.6. The van der Waals surface area contributed by atoms with Crippen LogP contribution in [0.5, 0.6) is 0 Å². The normalized spacial score (nSPS) is 20.6. The molecule has 1 fully saturated rings. The lowest BCUT2D eigenvalue weighted by molar-refractivity contribution is -0.305. The van der Waals surface area contributed by atoms with Crippen LogP contribution in [0.4, 0.5) is 0 Å². The van der Waals surface area contributed by atoms with Crippen molar-refractivity contribution in [3.63, 3.8) is 0 Å². The maximum Gasteiger partial charge on any atom is 0.306 e. The summed E-state index contributed by atoms with van der Waals surface area (Å²) in [6.07, 6.45) is 33.2. The summed E-state index contributed by atoms with van der Waals surface area (Å²) in [7, 11) is 0. The minimum atomic E-state index is -1.59. The second-order valence-electron chi connectivity index (χ2n) is 15.8. The molecule has 0 radical (unpaired) electrons. The number of unbranched alkanes of at least 4 members (excludes halogenated alkanes) is 23. The average molecular weight is 797 g/mol. The van der Waals surface area contributed by atoms with Crippen LogP contribution in [-0.2, 0) is 28.5 Å². The third-order valence-electron chi connectivity index (χ3n) is 10.6. The Kier molecular flexibility index (Phi) is 34.9. The van der Waals surface area contributed by atoms with Gasteiger partial charge in [-0.3, -0.25) is 9.59 Å². The van der Waals surface area contributed by atoms with Gasteiger partial charge in [-0.2, -0.15) is 0 Å². The number of allylic oxidation sites excluding steroid dienone is 4. The summed E-state index contributed by atoms with van der Waals surface area (Å²) in [5, 5.41) is 40.1. The third kappa shape index (κ3) is 28.6. The molecule has 1 rings (SSSR count). The summed E-state index contributed by atoms with van der Waals surface area (Å²) in [6, 6.07) is 0. The number of rotatable bonds is 38. The van der Waals surface area contributed by atoms with Gasteiger partial charge in [0.25, 0.3) is 0 Å². The lowest BCUT2D eigenvalue weighted by Crippen LogP contribution is -2.59. The Hall–Kier alpha value is -1.82. The van der Waals surface area contributed by atoms with Crippen molar-refractivity contribution < 1.29 is 49.0 Å². The Balaban J connectivity index is 2.32. The van der Waals surface area contributed by atoms with Gasteiger partial charge in [0, 0.05) is 12.8 Å². The number of carbonyl (C=O) groups excluding carboxylic acids is 2. The highest BCUT2D eigenvalue weighted by Gasteiger charge is 2.44. The molecule has 4 N–H and O–H groups in total. The van der Waals surface area contributed by atoms with E-state index in [0.29, 0.717) is 6.42 Å². The zero-order valence-electron chi connectivity index (χ0n) is 35.6. The molecule has 0 amide bonds. The second kappa shape index (κ2) is 37.5. The van der Waals surface area contributed by atoms with Gasteiger partial charge in [0.2, 0.25) is 0 Å². The van der Waals surface area contributed by atoms with Crippen LogP contribution in [-0.4, -0.2) is 89.0 Å². The topological polar surface area (TPSA) is 152 Å². The molecule has 1 saturated heterocycles. The maximum absolute atomic E-state index is 12.8. The van der Waals surface area contributed by atoms with Crippen LogP contribution in [0, 0.1) is 0 Å². The number of ether oxygens (including phenoxy) is 4. The van der Waals surface area contributed by atoms with E-state index in [9.17, 15) is 30.0 Å². The standard InChI is InChI=1S/C46H84O10/c1-3-5-7-9-11-13-15-17-19-20-21-23-25-27-29-31-33-35-42(49)55-39(38-54-46-45(52)44(51)43(50)40(36-47)56-46)37-53-41(48)34-32-30-28-26-24-22-18-16-14-12-10-8-6-4-2/h13,15-16,18,39-40,43-47,50-52H,3-12,14,17,19-38H2,1-2H3/b15-13+,18-16+/t39-,40-,43+,44?,45?,46-/m1/s1. The van der Waals surface area contributed by atoms with Crippen molar-refractivity contribution in [3.05, 3.63) is 24.3 Å². The Labute approximate surface area is 341 Å². The smallest absolute Gasteiger partial charge is 0.306 e. The van der Waals surface area contributed by atoms with Crippen molar-refractivity contribution >= 4 is 11.9 Å². The van der Waals surface area contributed by atoms with E-state index in [4.69, 9.17) is 18.9 Å². The minimum absolute atomic E-state index is 0.220. The number of esters is 2. The third-order valence-corrected chi connectivity index (χ3v) is 10.6. The molecule has 0 aromatic carbocycles. The molecular formula is C46H84O10. The van der Waals surface area contributed by atoms with Gasteiger partial charge >= 0.3 is 11.9 Å². The van der Waals surface area contributed by atoms with Crippen molar-refractivity contribution in [3.8, 4) is 0 Å². The van der Waals surface area contributed by atoms with Crippen molar-refractivity contribution in [1.29, 1.82) is 0 Å². The Morgan fingerprint density at radius 2 is 0.946 bits per heavy atom. The van der Waals surface area contributed by atoms with E-state index in [1.54, 1.807) is 0 Å². The molecule has 0 aliphatic carbocycles. The van der Waals surface area contributed by atoms with E-state index in [1.165, 1.54) is 109 Å². The van der Waals surface area contributed by atoms with Crippen LogP contribution in [0.2, 0.25) is 0 Å². The van der Waals surface area contributed by atoms with E-state index >= 15 is 0 Å². The lowest BCUT2D eigenvalue weighted by Gasteiger charge is -2.39. The molecule has 0 bridgehead atoms. The molecule has 1 heterocycles. The molecule has 10 heteroatoms. The molecule has 10 nitrogen and oxygen atoms in total. The van der Waals surface area contributed by atoms with Crippen LogP contribution in [0.15, 0.2) is 24.3 Å².